The Morgan fingerprint density at radius 3 is 2.74 bits per heavy atom. The van der Waals surface area contributed by atoms with Crippen LogP contribution in [0.5, 0.6) is 0 Å². The second-order valence-electron chi connectivity index (χ2n) is 4.26. The second kappa shape index (κ2) is 4.13. The zero-order valence-corrected chi connectivity index (χ0v) is 10.1. The van der Waals surface area contributed by atoms with Crippen molar-refractivity contribution in [2.45, 2.75) is 0 Å². The van der Waals surface area contributed by atoms with Gasteiger partial charge in [0.2, 0.25) is 0 Å². The van der Waals surface area contributed by atoms with Crippen LogP contribution >= 0.6 is 0 Å². The standard InChI is InChI=1S/C14H12N4O/c15-10-6-5-9-8-17-18(13(9)7-10)12-4-2-1-3-11(12)14(16)19/h1-8H,15H2,(H2,16,19). The Kier molecular flexibility index (Phi) is 2.45. The van der Waals surface area contributed by atoms with Crippen LogP contribution < -0.4 is 11.5 Å². The molecule has 0 aliphatic rings. The molecule has 5 heteroatoms. The molecular weight excluding hydrogens is 240 g/mol. The van der Waals surface area contributed by atoms with Gasteiger partial charge in [0.15, 0.2) is 0 Å². The molecule has 94 valence electrons. The number of amides is 1. The number of aromatic nitrogens is 2. The zero-order valence-electron chi connectivity index (χ0n) is 10.1. The molecule has 0 saturated carbocycles. The van der Waals surface area contributed by atoms with E-state index in [1.54, 1.807) is 29.1 Å². The van der Waals surface area contributed by atoms with Gasteiger partial charge in [-0.25, -0.2) is 4.68 Å². The molecule has 1 aromatic heterocycles. The molecule has 2 aromatic carbocycles. The fourth-order valence-electron chi connectivity index (χ4n) is 2.09. The molecule has 0 saturated heterocycles. The first-order valence-corrected chi connectivity index (χ1v) is 5.79. The Labute approximate surface area is 109 Å². The van der Waals surface area contributed by atoms with Crippen molar-refractivity contribution in [2.75, 3.05) is 5.73 Å². The lowest BCUT2D eigenvalue weighted by Crippen LogP contribution is -2.14. The van der Waals surface area contributed by atoms with E-state index in [1.807, 2.05) is 24.3 Å². The van der Waals surface area contributed by atoms with E-state index in [4.69, 9.17) is 11.5 Å². The van der Waals surface area contributed by atoms with Crippen molar-refractivity contribution < 1.29 is 4.79 Å². The van der Waals surface area contributed by atoms with Gasteiger partial charge >= 0.3 is 0 Å². The molecule has 19 heavy (non-hydrogen) atoms. The van der Waals surface area contributed by atoms with E-state index in [0.717, 1.165) is 10.9 Å². The fourth-order valence-corrected chi connectivity index (χ4v) is 2.09. The van der Waals surface area contributed by atoms with E-state index in [2.05, 4.69) is 5.10 Å². The van der Waals surface area contributed by atoms with Crippen LogP contribution in [0.2, 0.25) is 0 Å². The molecule has 3 aromatic rings. The number of carbonyl (C=O) groups excluding carboxylic acids is 1. The number of primary amides is 1. The highest BCUT2D eigenvalue weighted by molar-refractivity contribution is 5.97. The van der Waals surface area contributed by atoms with E-state index in [0.29, 0.717) is 16.9 Å². The molecule has 1 heterocycles. The zero-order chi connectivity index (χ0) is 13.4. The predicted octanol–water partition coefficient (Wildman–Crippen LogP) is 1.71. The van der Waals surface area contributed by atoms with Crippen LogP contribution in [-0.2, 0) is 0 Å². The molecular formula is C14H12N4O. The molecule has 0 radical (unpaired) electrons. The van der Waals surface area contributed by atoms with Gasteiger partial charge in [-0.2, -0.15) is 5.10 Å². The maximum atomic E-state index is 11.5. The van der Waals surface area contributed by atoms with E-state index in [-0.39, 0.29) is 0 Å². The molecule has 0 atom stereocenters. The van der Waals surface area contributed by atoms with Crippen molar-refractivity contribution in [2.24, 2.45) is 5.73 Å². The highest BCUT2D eigenvalue weighted by Gasteiger charge is 2.12. The average molecular weight is 252 g/mol. The number of hydrogen-bond donors (Lipinski definition) is 2. The van der Waals surface area contributed by atoms with Crippen molar-refractivity contribution in [1.29, 1.82) is 0 Å². The number of nitrogen functional groups attached to an aromatic ring is 1. The highest BCUT2D eigenvalue weighted by Crippen LogP contribution is 2.22. The van der Waals surface area contributed by atoms with Gasteiger partial charge in [-0.15, -0.1) is 0 Å². The molecule has 0 aliphatic carbocycles. The van der Waals surface area contributed by atoms with Crippen LogP contribution in [0, 0.1) is 0 Å². The lowest BCUT2D eigenvalue weighted by atomic mass is 10.1. The summed E-state index contributed by atoms with van der Waals surface area (Å²) in [6, 6.07) is 12.6. The summed E-state index contributed by atoms with van der Waals surface area (Å²) in [5, 5.41) is 5.26. The summed E-state index contributed by atoms with van der Waals surface area (Å²) in [7, 11) is 0. The number of para-hydroxylation sites is 1. The third kappa shape index (κ3) is 1.81. The maximum absolute atomic E-state index is 11.5. The van der Waals surface area contributed by atoms with Crippen LogP contribution in [0.25, 0.3) is 16.6 Å². The number of carbonyl (C=O) groups is 1. The summed E-state index contributed by atoms with van der Waals surface area (Å²) in [4.78, 5) is 11.5. The molecule has 0 bridgehead atoms. The number of nitrogens with two attached hydrogens (primary N) is 2. The van der Waals surface area contributed by atoms with Crippen LogP contribution in [0.1, 0.15) is 10.4 Å². The van der Waals surface area contributed by atoms with Crippen LogP contribution in [0.3, 0.4) is 0 Å². The minimum atomic E-state index is -0.483. The minimum absolute atomic E-state index is 0.426. The summed E-state index contributed by atoms with van der Waals surface area (Å²) >= 11 is 0. The summed E-state index contributed by atoms with van der Waals surface area (Å²) < 4.78 is 1.67. The first kappa shape index (κ1) is 11.3. The smallest absolute Gasteiger partial charge is 0.250 e. The van der Waals surface area contributed by atoms with Crippen molar-refractivity contribution in [3.05, 3.63) is 54.2 Å². The molecule has 4 N–H and O–H groups in total. The third-order valence-electron chi connectivity index (χ3n) is 2.99. The summed E-state index contributed by atoms with van der Waals surface area (Å²) in [6.45, 7) is 0. The fraction of sp³-hybridized carbons (Fsp3) is 0. The van der Waals surface area contributed by atoms with Gasteiger partial charge in [0.05, 0.1) is 23.0 Å². The van der Waals surface area contributed by atoms with Crippen molar-refractivity contribution >= 4 is 22.5 Å². The molecule has 0 unspecified atom stereocenters. The van der Waals surface area contributed by atoms with Crippen LogP contribution in [-0.4, -0.2) is 15.7 Å². The van der Waals surface area contributed by atoms with Gasteiger partial charge in [-0.05, 0) is 30.3 Å². The van der Waals surface area contributed by atoms with Crippen LogP contribution in [0.15, 0.2) is 48.7 Å². The minimum Gasteiger partial charge on any atom is -0.399 e. The van der Waals surface area contributed by atoms with Gasteiger partial charge in [0.1, 0.15) is 0 Å². The average Bonchev–Trinajstić information content (AvgIpc) is 2.81. The van der Waals surface area contributed by atoms with E-state index in [1.165, 1.54) is 0 Å². The van der Waals surface area contributed by atoms with Crippen LogP contribution in [0.4, 0.5) is 5.69 Å². The summed E-state index contributed by atoms with van der Waals surface area (Å²) in [5.41, 5.74) is 13.7. The Morgan fingerprint density at radius 2 is 1.95 bits per heavy atom. The molecule has 0 fully saturated rings. The Morgan fingerprint density at radius 1 is 1.16 bits per heavy atom. The molecule has 5 nitrogen and oxygen atoms in total. The van der Waals surface area contributed by atoms with E-state index in [9.17, 15) is 4.79 Å². The third-order valence-corrected chi connectivity index (χ3v) is 2.99. The Hall–Kier alpha value is -2.82. The van der Waals surface area contributed by atoms with Gasteiger partial charge < -0.3 is 11.5 Å². The van der Waals surface area contributed by atoms with Gasteiger partial charge in [-0.1, -0.05) is 12.1 Å². The number of anilines is 1. The number of nitrogens with zero attached hydrogens (tertiary/aromatic N) is 2. The van der Waals surface area contributed by atoms with E-state index < -0.39 is 5.91 Å². The maximum Gasteiger partial charge on any atom is 0.250 e. The number of benzene rings is 2. The van der Waals surface area contributed by atoms with Gasteiger partial charge in [-0.3, -0.25) is 4.79 Å². The summed E-state index contributed by atoms with van der Waals surface area (Å²) in [6.07, 6.45) is 1.73. The first-order chi connectivity index (χ1) is 9.16. The van der Waals surface area contributed by atoms with E-state index >= 15 is 0 Å². The number of fused-ring (bicyclic) bond motifs is 1. The second-order valence-corrected chi connectivity index (χ2v) is 4.26. The predicted molar refractivity (Wildman–Crippen MR) is 74.0 cm³/mol. The normalized spacial score (nSPS) is 10.7. The molecule has 0 spiro atoms. The Bertz CT molecular complexity index is 776. The quantitative estimate of drug-likeness (QED) is 0.680. The van der Waals surface area contributed by atoms with Crippen molar-refractivity contribution in [3.8, 4) is 5.69 Å². The number of rotatable bonds is 2. The molecule has 1 amide bonds. The lowest BCUT2D eigenvalue weighted by molar-refractivity contribution is 0.1000. The monoisotopic (exact) mass is 252 g/mol. The molecule has 3 rings (SSSR count). The largest absolute Gasteiger partial charge is 0.399 e. The molecule has 0 aliphatic heterocycles. The van der Waals surface area contributed by atoms with Crippen molar-refractivity contribution in [3.63, 3.8) is 0 Å². The highest BCUT2D eigenvalue weighted by atomic mass is 16.1. The lowest BCUT2D eigenvalue weighted by Gasteiger charge is -2.08. The van der Waals surface area contributed by atoms with Gasteiger partial charge in [0, 0.05) is 11.1 Å². The Balaban J connectivity index is 2.31. The SMILES string of the molecule is NC(=O)c1ccccc1-n1ncc2ccc(N)cc21. The first-order valence-electron chi connectivity index (χ1n) is 5.79. The summed E-state index contributed by atoms with van der Waals surface area (Å²) in [5.74, 6) is -0.483. The topological polar surface area (TPSA) is 86.9 Å². The van der Waals surface area contributed by atoms with Gasteiger partial charge in [0.25, 0.3) is 5.91 Å². The van der Waals surface area contributed by atoms with Crippen molar-refractivity contribution in [1.82, 2.24) is 9.78 Å². The number of hydrogen-bond acceptors (Lipinski definition) is 3.